The van der Waals surface area contributed by atoms with Crippen LogP contribution in [0.25, 0.3) is 0 Å². The van der Waals surface area contributed by atoms with E-state index in [0.717, 1.165) is 5.69 Å². The number of hydrogen-bond acceptors (Lipinski definition) is 3. The number of carbonyl (C=O) groups is 1. The summed E-state index contributed by atoms with van der Waals surface area (Å²) in [6.07, 6.45) is 2.00. The minimum Gasteiger partial charge on any atom is -0.459 e. The summed E-state index contributed by atoms with van der Waals surface area (Å²) in [7, 11) is 5.62. The maximum Gasteiger partial charge on any atom is 0.325 e. The van der Waals surface area contributed by atoms with Crippen molar-refractivity contribution < 1.29 is 9.53 Å². The van der Waals surface area contributed by atoms with Gasteiger partial charge in [0.1, 0.15) is 12.1 Å². The Bertz CT molecular complexity index is 500. The molecular formula is C15H26N4O2. The van der Waals surface area contributed by atoms with Gasteiger partial charge in [0, 0.05) is 33.0 Å². The third kappa shape index (κ3) is 5.89. The molecule has 0 bridgehead atoms. The summed E-state index contributed by atoms with van der Waals surface area (Å²) in [6, 6.07) is 4.05. The van der Waals surface area contributed by atoms with Crippen LogP contribution in [0.1, 0.15) is 26.5 Å². The highest BCUT2D eigenvalue weighted by molar-refractivity contribution is 5.84. The molecule has 6 heteroatoms. The van der Waals surface area contributed by atoms with E-state index in [0.29, 0.717) is 12.5 Å². The van der Waals surface area contributed by atoms with E-state index in [2.05, 4.69) is 20.9 Å². The van der Waals surface area contributed by atoms with E-state index in [1.807, 2.05) is 52.0 Å². The second-order valence-electron chi connectivity index (χ2n) is 5.95. The molecule has 0 aliphatic rings. The Morgan fingerprint density at radius 2 is 2.14 bits per heavy atom. The van der Waals surface area contributed by atoms with Crippen LogP contribution in [0, 0.1) is 0 Å². The van der Waals surface area contributed by atoms with Gasteiger partial charge in [-0.3, -0.25) is 9.79 Å². The SMILES string of the molecule is CN=C(NCC(=O)OC(C)(C)C)N(C)Cc1cccn1C. The van der Waals surface area contributed by atoms with Crippen molar-refractivity contribution in [3.8, 4) is 0 Å². The second kappa shape index (κ2) is 7.15. The summed E-state index contributed by atoms with van der Waals surface area (Å²) < 4.78 is 7.31. The molecule has 0 fully saturated rings. The van der Waals surface area contributed by atoms with Crippen molar-refractivity contribution in [2.75, 3.05) is 20.6 Å². The van der Waals surface area contributed by atoms with E-state index < -0.39 is 5.60 Å². The van der Waals surface area contributed by atoms with Crippen molar-refractivity contribution in [1.82, 2.24) is 14.8 Å². The molecule has 0 aromatic carbocycles. The molecule has 0 amide bonds. The number of esters is 1. The zero-order chi connectivity index (χ0) is 16.0. The van der Waals surface area contributed by atoms with Crippen LogP contribution in [0.5, 0.6) is 0 Å². The average molecular weight is 294 g/mol. The Hall–Kier alpha value is -1.98. The molecule has 0 aliphatic heterocycles. The number of hydrogen-bond donors (Lipinski definition) is 1. The molecule has 1 N–H and O–H groups in total. The van der Waals surface area contributed by atoms with Gasteiger partial charge in [0.25, 0.3) is 0 Å². The highest BCUT2D eigenvalue weighted by Gasteiger charge is 2.17. The first-order valence-electron chi connectivity index (χ1n) is 6.97. The maximum absolute atomic E-state index is 11.7. The van der Waals surface area contributed by atoms with Crippen LogP contribution in [0.4, 0.5) is 0 Å². The van der Waals surface area contributed by atoms with Gasteiger partial charge in [0.05, 0.1) is 6.54 Å². The normalized spacial score (nSPS) is 12.2. The standard InChI is InChI=1S/C15H26N4O2/c1-15(2,3)21-13(20)10-17-14(16-4)19(6)11-12-8-7-9-18(12)5/h7-9H,10-11H2,1-6H3,(H,16,17). The Kier molecular flexibility index (Phi) is 5.81. The van der Waals surface area contributed by atoms with Crippen molar-refractivity contribution in [2.24, 2.45) is 12.0 Å². The predicted octanol–water partition coefficient (Wildman–Crippen LogP) is 1.37. The van der Waals surface area contributed by atoms with Gasteiger partial charge in [-0.15, -0.1) is 0 Å². The molecule has 0 spiro atoms. The summed E-state index contributed by atoms with van der Waals surface area (Å²) in [4.78, 5) is 17.8. The van der Waals surface area contributed by atoms with Gasteiger partial charge >= 0.3 is 5.97 Å². The summed E-state index contributed by atoms with van der Waals surface area (Å²) in [5.41, 5.74) is 0.690. The molecule has 0 saturated carbocycles. The van der Waals surface area contributed by atoms with Gasteiger partial charge in [0.15, 0.2) is 5.96 Å². The number of rotatable bonds is 4. The van der Waals surface area contributed by atoms with E-state index >= 15 is 0 Å². The third-order valence-corrected chi connectivity index (χ3v) is 2.83. The minimum atomic E-state index is -0.475. The number of nitrogens with zero attached hydrogens (tertiary/aromatic N) is 3. The number of aryl methyl sites for hydroxylation is 1. The van der Waals surface area contributed by atoms with Crippen LogP contribution in [0.15, 0.2) is 23.3 Å². The molecule has 1 aromatic heterocycles. The Morgan fingerprint density at radius 1 is 1.48 bits per heavy atom. The summed E-state index contributed by atoms with van der Waals surface area (Å²) in [6.45, 7) is 6.35. The van der Waals surface area contributed by atoms with E-state index in [1.165, 1.54) is 0 Å². The van der Waals surface area contributed by atoms with Crippen molar-refractivity contribution in [1.29, 1.82) is 0 Å². The van der Waals surface area contributed by atoms with Gasteiger partial charge in [-0.05, 0) is 32.9 Å². The summed E-state index contributed by atoms with van der Waals surface area (Å²) in [5, 5.41) is 3.02. The molecule has 0 aliphatic carbocycles. The fourth-order valence-corrected chi connectivity index (χ4v) is 1.89. The molecule has 0 radical (unpaired) electrons. The van der Waals surface area contributed by atoms with Gasteiger partial charge in [-0.1, -0.05) is 0 Å². The zero-order valence-corrected chi connectivity index (χ0v) is 13.8. The topological polar surface area (TPSA) is 58.9 Å². The number of carbonyl (C=O) groups excluding carboxylic acids is 1. The lowest BCUT2D eigenvalue weighted by Crippen LogP contribution is -2.42. The van der Waals surface area contributed by atoms with Crippen molar-refractivity contribution in [3.63, 3.8) is 0 Å². The van der Waals surface area contributed by atoms with Crippen molar-refractivity contribution >= 4 is 11.9 Å². The number of nitrogens with one attached hydrogen (secondary N) is 1. The van der Waals surface area contributed by atoms with E-state index in [9.17, 15) is 4.79 Å². The first kappa shape index (κ1) is 17.1. The van der Waals surface area contributed by atoms with E-state index in [4.69, 9.17) is 4.74 Å². The first-order valence-corrected chi connectivity index (χ1v) is 6.97. The average Bonchev–Trinajstić information content (AvgIpc) is 2.73. The second-order valence-corrected chi connectivity index (χ2v) is 5.95. The summed E-state index contributed by atoms with van der Waals surface area (Å²) >= 11 is 0. The lowest BCUT2D eigenvalue weighted by Gasteiger charge is -2.23. The molecule has 0 saturated heterocycles. The third-order valence-electron chi connectivity index (χ3n) is 2.83. The molecule has 6 nitrogen and oxygen atoms in total. The molecular weight excluding hydrogens is 268 g/mol. The number of aromatic nitrogens is 1. The van der Waals surface area contributed by atoms with Crippen LogP contribution < -0.4 is 5.32 Å². The number of aliphatic imine (C=N–C) groups is 1. The van der Waals surface area contributed by atoms with E-state index in [-0.39, 0.29) is 12.5 Å². The van der Waals surface area contributed by atoms with Crippen LogP contribution in [0.3, 0.4) is 0 Å². The molecule has 1 aromatic rings. The molecule has 21 heavy (non-hydrogen) atoms. The molecule has 0 unspecified atom stereocenters. The van der Waals surface area contributed by atoms with Crippen molar-refractivity contribution in [3.05, 3.63) is 24.0 Å². The number of ether oxygens (including phenoxy) is 1. The summed E-state index contributed by atoms with van der Waals surface area (Å²) in [5.74, 6) is 0.359. The van der Waals surface area contributed by atoms with Crippen LogP contribution >= 0.6 is 0 Å². The smallest absolute Gasteiger partial charge is 0.325 e. The van der Waals surface area contributed by atoms with Gasteiger partial charge in [-0.2, -0.15) is 0 Å². The van der Waals surface area contributed by atoms with Crippen LogP contribution in [-0.4, -0.2) is 47.6 Å². The monoisotopic (exact) mass is 294 g/mol. The maximum atomic E-state index is 11.7. The molecule has 0 atom stereocenters. The minimum absolute atomic E-state index is 0.0986. The van der Waals surface area contributed by atoms with E-state index in [1.54, 1.807) is 7.05 Å². The molecule has 1 heterocycles. The van der Waals surface area contributed by atoms with Gasteiger partial charge in [-0.25, -0.2) is 0 Å². The molecule has 118 valence electrons. The lowest BCUT2D eigenvalue weighted by molar-refractivity contribution is -0.153. The Balaban J connectivity index is 2.52. The van der Waals surface area contributed by atoms with Gasteiger partial charge < -0.3 is 19.5 Å². The lowest BCUT2D eigenvalue weighted by atomic mass is 10.2. The fraction of sp³-hybridized carbons (Fsp3) is 0.600. The number of guanidine groups is 1. The zero-order valence-electron chi connectivity index (χ0n) is 13.8. The highest BCUT2D eigenvalue weighted by atomic mass is 16.6. The first-order chi connectivity index (χ1) is 9.73. The van der Waals surface area contributed by atoms with Crippen molar-refractivity contribution in [2.45, 2.75) is 32.9 Å². The van der Waals surface area contributed by atoms with Crippen LogP contribution in [-0.2, 0) is 23.1 Å². The fourth-order valence-electron chi connectivity index (χ4n) is 1.89. The molecule has 1 rings (SSSR count). The Morgan fingerprint density at radius 3 is 2.62 bits per heavy atom. The van der Waals surface area contributed by atoms with Gasteiger partial charge in [0.2, 0.25) is 0 Å². The Labute approximate surface area is 126 Å². The van der Waals surface area contributed by atoms with Crippen LogP contribution in [0.2, 0.25) is 0 Å². The predicted molar refractivity (Wildman–Crippen MR) is 84.1 cm³/mol. The highest BCUT2D eigenvalue weighted by Crippen LogP contribution is 2.06. The quantitative estimate of drug-likeness (QED) is 0.518. The largest absolute Gasteiger partial charge is 0.459 e.